The first kappa shape index (κ1) is 9.85. The minimum Gasteiger partial charge on any atom is -0.485 e. The summed E-state index contributed by atoms with van der Waals surface area (Å²) >= 11 is 4.83. The van der Waals surface area contributed by atoms with Gasteiger partial charge in [-0.3, -0.25) is 0 Å². The van der Waals surface area contributed by atoms with E-state index in [0.717, 1.165) is 13.0 Å². The van der Waals surface area contributed by atoms with Gasteiger partial charge in [-0.1, -0.05) is 6.92 Å². The Labute approximate surface area is 67.5 Å². The van der Waals surface area contributed by atoms with Crippen LogP contribution in [0.5, 0.6) is 0 Å². The summed E-state index contributed by atoms with van der Waals surface area (Å²) in [4.78, 5) is 0. The van der Waals surface area contributed by atoms with Crippen molar-refractivity contribution in [1.29, 1.82) is 0 Å². The number of hydrogen-bond donors (Lipinski definition) is 0. The normalized spacial score (nSPS) is 9.40. The lowest BCUT2D eigenvalue weighted by Crippen LogP contribution is -2.07. The van der Waals surface area contributed by atoms with E-state index >= 15 is 0 Å². The van der Waals surface area contributed by atoms with Crippen LogP contribution in [0.3, 0.4) is 0 Å². The average Bonchev–Trinajstić information content (AvgIpc) is 1.98. The Morgan fingerprint density at radius 3 is 2.50 bits per heavy atom. The quantitative estimate of drug-likeness (QED) is 0.453. The summed E-state index contributed by atoms with van der Waals surface area (Å²) in [5.74, 6) is 0. The topological polar surface area (TPSA) is 18.5 Å². The summed E-state index contributed by atoms with van der Waals surface area (Å²) in [6, 6.07) is 0. The molecule has 0 N–H and O–H groups in total. The van der Waals surface area contributed by atoms with E-state index in [1.165, 1.54) is 0 Å². The van der Waals surface area contributed by atoms with Crippen molar-refractivity contribution in [1.82, 2.24) is 0 Å². The van der Waals surface area contributed by atoms with Crippen molar-refractivity contribution < 1.29 is 9.47 Å². The van der Waals surface area contributed by atoms with E-state index in [2.05, 4.69) is 0 Å². The van der Waals surface area contributed by atoms with E-state index in [-0.39, 0.29) is 0 Å². The highest BCUT2D eigenvalue weighted by molar-refractivity contribution is 7.80. The molecule has 0 aliphatic heterocycles. The first-order valence-corrected chi connectivity index (χ1v) is 3.95. The molecule has 0 aliphatic rings. The van der Waals surface area contributed by atoms with Crippen LogP contribution in [0.2, 0.25) is 0 Å². The largest absolute Gasteiger partial charge is 0.485 e. The molecule has 0 unspecified atom stereocenters. The zero-order chi connectivity index (χ0) is 7.82. The van der Waals surface area contributed by atoms with Crippen molar-refractivity contribution in [2.75, 3.05) is 19.8 Å². The third kappa shape index (κ3) is 5.98. The molecule has 0 aromatic heterocycles. The van der Waals surface area contributed by atoms with Crippen molar-refractivity contribution in [2.24, 2.45) is 0 Å². The second-order valence-electron chi connectivity index (χ2n) is 1.77. The van der Waals surface area contributed by atoms with Gasteiger partial charge in [-0.05, 0) is 19.1 Å². The molecule has 0 rings (SSSR count). The van der Waals surface area contributed by atoms with E-state index in [0.29, 0.717) is 18.3 Å². The van der Waals surface area contributed by atoms with E-state index in [1.54, 1.807) is 0 Å². The predicted molar refractivity (Wildman–Crippen MR) is 45.3 cm³/mol. The maximum absolute atomic E-state index is 5.10. The van der Waals surface area contributed by atoms with Crippen LogP contribution in [-0.2, 0) is 9.47 Å². The smallest absolute Gasteiger partial charge is 0.159 e. The van der Waals surface area contributed by atoms with Gasteiger partial charge in [-0.15, -0.1) is 0 Å². The second kappa shape index (κ2) is 6.96. The van der Waals surface area contributed by atoms with Gasteiger partial charge in [0.05, 0.1) is 6.61 Å². The Bertz CT molecular complexity index is 93.6. The second-order valence-corrected chi connectivity index (χ2v) is 2.23. The Morgan fingerprint density at radius 2 is 2.00 bits per heavy atom. The summed E-state index contributed by atoms with van der Waals surface area (Å²) in [7, 11) is 0. The fourth-order valence-electron chi connectivity index (χ4n) is 0.461. The number of thiocarbonyl (C=S) groups is 1. The van der Waals surface area contributed by atoms with Gasteiger partial charge in [0, 0.05) is 13.0 Å². The van der Waals surface area contributed by atoms with Crippen LogP contribution >= 0.6 is 12.2 Å². The third-order valence-corrected chi connectivity index (χ3v) is 1.39. The zero-order valence-electron chi connectivity index (χ0n) is 6.55. The fraction of sp³-hybridized carbons (Fsp3) is 0.857. The average molecular weight is 162 g/mol. The van der Waals surface area contributed by atoms with E-state index < -0.39 is 0 Å². The Kier molecular flexibility index (Phi) is 6.86. The van der Waals surface area contributed by atoms with Gasteiger partial charge >= 0.3 is 0 Å². The van der Waals surface area contributed by atoms with E-state index in [9.17, 15) is 0 Å². The van der Waals surface area contributed by atoms with Crippen molar-refractivity contribution >= 4 is 17.3 Å². The molecule has 0 saturated heterocycles. The first-order valence-electron chi connectivity index (χ1n) is 3.54. The van der Waals surface area contributed by atoms with Crippen molar-refractivity contribution in [2.45, 2.75) is 20.3 Å². The predicted octanol–water partition coefficient (Wildman–Crippen LogP) is 1.78. The van der Waals surface area contributed by atoms with Gasteiger partial charge in [0.1, 0.15) is 6.61 Å². The maximum Gasteiger partial charge on any atom is 0.159 e. The molecule has 0 aliphatic carbocycles. The molecular weight excluding hydrogens is 148 g/mol. The molecule has 3 heteroatoms. The van der Waals surface area contributed by atoms with Gasteiger partial charge in [-0.25, -0.2) is 0 Å². The van der Waals surface area contributed by atoms with Crippen LogP contribution in [0.1, 0.15) is 20.3 Å². The SMILES string of the molecule is CCOCCOC(=S)CC. The van der Waals surface area contributed by atoms with Gasteiger partial charge < -0.3 is 9.47 Å². The molecule has 60 valence electrons. The molecule has 0 amide bonds. The molecule has 0 aromatic rings. The van der Waals surface area contributed by atoms with Crippen LogP contribution in [0.4, 0.5) is 0 Å². The molecule has 0 aromatic carbocycles. The van der Waals surface area contributed by atoms with Crippen LogP contribution in [-0.4, -0.2) is 24.9 Å². The van der Waals surface area contributed by atoms with Crippen molar-refractivity contribution in [3.8, 4) is 0 Å². The molecule has 0 fully saturated rings. The maximum atomic E-state index is 5.10. The highest BCUT2D eigenvalue weighted by Crippen LogP contribution is 1.87. The van der Waals surface area contributed by atoms with Gasteiger partial charge in [0.15, 0.2) is 5.05 Å². The molecule has 10 heavy (non-hydrogen) atoms. The molecule has 0 spiro atoms. The summed E-state index contributed by atoms with van der Waals surface area (Å²) in [5, 5.41) is 0.666. The Hall–Kier alpha value is -0.150. The highest BCUT2D eigenvalue weighted by atomic mass is 32.1. The molecule has 0 saturated carbocycles. The van der Waals surface area contributed by atoms with Gasteiger partial charge in [-0.2, -0.15) is 0 Å². The number of ether oxygens (including phenoxy) is 2. The lowest BCUT2D eigenvalue weighted by molar-refractivity contribution is 0.106. The zero-order valence-corrected chi connectivity index (χ0v) is 7.37. The van der Waals surface area contributed by atoms with Crippen LogP contribution in [0, 0.1) is 0 Å². The minimum atomic E-state index is 0.584. The van der Waals surface area contributed by atoms with E-state index in [4.69, 9.17) is 21.7 Å². The number of rotatable bonds is 5. The molecule has 2 nitrogen and oxygen atoms in total. The minimum absolute atomic E-state index is 0.584. The Morgan fingerprint density at radius 1 is 1.30 bits per heavy atom. The standard InChI is InChI=1S/C7H14O2S/c1-3-7(10)9-6-5-8-4-2/h3-6H2,1-2H3. The van der Waals surface area contributed by atoms with Crippen LogP contribution < -0.4 is 0 Å². The van der Waals surface area contributed by atoms with Gasteiger partial charge in [0.25, 0.3) is 0 Å². The first-order chi connectivity index (χ1) is 4.81. The summed E-state index contributed by atoms with van der Waals surface area (Å²) in [5.41, 5.74) is 0. The van der Waals surface area contributed by atoms with E-state index in [1.807, 2.05) is 13.8 Å². The Balaban J connectivity index is 2.96. The van der Waals surface area contributed by atoms with Gasteiger partial charge in [0.2, 0.25) is 0 Å². The summed E-state index contributed by atoms with van der Waals surface area (Å²) in [6.45, 7) is 5.89. The fourth-order valence-corrected chi connectivity index (χ4v) is 0.544. The number of hydrogen-bond acceptors (Lipinski definition) is 3. The van der Waals surface area contributed by atoms with Crippen molar-refractivity contribution in [3.05, 3.63) is 0 Å². The molecule has 0 heterocycles. The lowest BCUT2D eigenvalue weighted by Gasteiger charge is -2.04. The lowest BCUT2D eigenvalue weighted by atomic mass is 10.5. The highest BCUT2D eigenvalue weighted by Gasteiger charge is 1.91. The molecular formula is C7H14O2S. The molecule has 0 bridgehead atoms. The molecule has 0 radical (unpaired) electrons. The van der Waals surface area contributed by atoms with Crippen LogP contribution in [0.25, 0.3) is 0 Å². The summed E-state index contributed by atoms with van der Waals surface area (Å²) in [6.07, 6.45) is 0.807. The van der Waals surface area contributed by atoms with Crippen LogP contribution in [0.15, 0.2) is 0 Å². The summed E-state index contributed by atoms with van der Waals surface area (Å²) < 4.78 is 10.1. The monoisotopic (exact) mass is 162 g/mol. The third-order valence-electron chi connectivity index (χ3n) is 0.984. The van der Waals surface area contributed by atoms with Crippen molar-refractivity contribution in [3.63, 3.8) is 0 Å². The molecule has 0 atom stereocenters.